The molecule has 1 aliphatic rings. The maximum Gasteiger partial charge on any atom is 0.249 e. The van der Waals surface area contributed by atoms with Crippen LogP contribution in [-0.4, -0.2) is 48.5 Å². The molecule has 0 atom stereocenters. The van der Waals surface area contributed by atoms with E-state index in [1.165, 1.54) is 24.9 Å². The molecule has 0 amide bonds. The SMILES string of the molecule is COCCCNc1cnnc(Nc2ccc(N3CCCCC3)cc2)n1. The molecule has 25 heavy (non-hydrogen) atoms. The van der Waals surface area contributed by atoms with Crippen molar-refractivity contribution in [1.29, 1.82) is 0 Å². The monoisotopic (exact) mass is 342 g/mol. The second kappa shape index (κ2) is 9.17. The van der Waals surface area contributed by atoms with Crippen LogP contribution in [0.5, 0.6) is 0 Å². The summed E-state index contributed by atoms with van der Waals surface area (Å²) in [7, 11) is 1.70. The molecular weight excluding hydrogens is 316 g/mol. The normalized spacial score (nSPS) is 14.4. The molecule has 1 aromatic heterocycles. The van der Waals surface area contributed by atoms with Crippen molar-refractivity contribution in [3.05, 3.63) is 30.5 Å². The van der Waals surface area contributed by atoms with Gasteiger partial charge in [-0.2, -0.15) is 10.1 Å². The van der Waals surface area contributed by atoms with E-state index in [9.17, 15) is 0 Å². The first-order chi connectivity index (χ1) is 12.3. The molecule has 0 aliphatic carbocycles. The molecule has 2 N–H and O–H groups in total. The minimum Gasteiger partial charge on any atom is -0.385 e. The van der Waals surface area contributed by atoms with Crippen molar-refractivity contribution in [2.45, 2.75) is 25.7 Å². The number of ether oxygens (including phenoxy) is 1. The molecule has 0 saturated carbocycles. The Bertz CT molecular complexity index is 642. The van der Waals surface area contributed by atoms with E-state index in [1.54, 1.807) is 13.3 Å². The van der Waals surface area contributed by atoms with Crippen molar-refractivity contribution in [2.24, 2.45) is 0 Å². The largest absolute Gasteiger partial charge is 0.385 e. The zero-order chi connectivity index (χ0) is 17.3. The Balaban J connectivity index is 1.56. The molecule has 0 radical (unpaired) electrons. The highest BCUT2D eigenvalue weighted by Crippen LogP contribution is 2.22. The van der Waals surface area contributed by atoms with Gasteiger partial charge in [0.05, 0.1) is 6.20 Å². The first-order valence-electron chi connectivity index (χ1n) is 8.90. The van der Waals surface area contributed by atoms with Crippen LogP contribution in [0.2, 0.25) is 0 Å². The lowest BCUT2D eigenvalue weighted by Gasteiger charge is -2.28. The fourth-order valence-electron chi connectivity index (χ4n) is 2.91. The minimum absolute atomic E-state index is 0.488. The van der Waals surface area contributed by atoms with E-state index in [2.05, 4.69) is 55.0 Å². The van der Waals surface area contributed by atoms with Gasteiger partial charge in [0.25, 0.3) is 0 Å². The number of aromatic nitrogens is 3. The van der Waals surface area contributed by atoms with Crippen molar-refractivity contribution in [3.63, 3.8) is 0 Å². The molecule has 0 unspecified atom stereocenters. The van der Waals surface area contributed by atoms with Gasteiger partial charge in [-0.1, -0.05) is 0 Å². The highest BCUT2D eigenvalue weighted by atomic mass is 16.5. The van der Waals surface area contributed by atoms with E-state index in [0.717, 1.165) is 38.3 Å². The van der Waals surface area contributed by atoms with Gasteiger partial charge in [-0.15, -0.1) is 5.10 Å². The fraction of sp³-hybridized carbons (Fsp3) is 0.500. The molecule has 2 heterocycles. The van der Waals surface area contributed by atoms with E-state index >= 15 is 0 Å². The van der Waals surface area contributed by atoms with Crippen molar-refractivity contribution in [2.75, 3.05) is 48.9 Å². The van der Waals surface area contributed by atoms with Crippen LogP contribution >= 0.6 is 0 Å². The number of hydrogen-bond acceptors (Lipinski definition) is 7. The summed E-state index contributed by atoms with van der Waals surface area (Å²) in [5.41, 5.74) is 2.23. The standard InChI is InChI=1S/C18H26N6O/c1-25-13-5-10-19-17-14-20-23-18(22-17)21-15-6-8-16(9-7-15)24-11-3-2-4-12-24/h6-9,14H,2-5,10-13H2,1H3,(H2,19,21,22,23). The zero-order valence-electron chi connectivity index (χ0n) is 14.7. The van der Waals surface area contributed by atoms with Crippen LogP contribution in [0.15, 0.2) is 30.5 Å². The number of rotatable bonds is 8. The molecule has 134 valence electrons. The molecule has 0 bridgehead atoms. The van der Waals surface area contributed by atoms with Gasteiger partial charge in [0.2, 0.25) is 5.95 Å². The second-order valence-corrected chi connectivity index (χ2v) is 6.16. The van der Waals surface area contributed by atoms with Gasteiger partial charge in [0.1, 0.15) is 0 Å². The lowest BCUT2D eigenvalue weighted by molar-refractivity contribution is 0.197. The maximum absolute atomic E-state index is 5.03. The van der Waals surface area contributed by atoms with E-state index in [-0.39, 0.29) is 0 Å². The fourth-order valence-corrected chi connectivity index (χ4v) is 2.91. The summed E-state index contributed by atoms with van der Waals surface area (Å²) < 4.78 is 5.03. The van der Waals surface area contributed by atoms with E-state index < -0.39 is 0 Å². The average molecular weight is 342 g/mol. The highest BCUT2D eigenvalue weighted by Gasteiger charge is 2.10. The first-order valence-corrected chi connectivity index (χ1v) is 8.90. The molecule has 1 aliphatic heterocycles. The molecule has 1 fully saturated rings. The predicted octanol–water partition coefficient (Wildman–Crippen LogP) is 3.05. The van der Waals surface area contributed by atoms with Crippen molar-refractivity contribution in [3.8, 4) is 0 Å². The van der Waals surface area contributed by atoms with E-state index in [4.69, 9.17) is 4.74 Å². The van der Waals surface area contributed by atoms with Gasteiger partial charge in [-0.3, -0.25) is 0 Å². The van der Waals surface area contributed by atoms with E-state index in [1.807, 2.05) is 0 Å². The minimum atomic E-state index is 0.488. The molecule has 7 nitrogen and oxygen atoms in total. The average Bonchev–Trinajstić information content (AvgIpc) is 2.67. The quantitative estimate of drug-likeness (QED) is 0.714. The van der Waals surface area contributed by atoms with Crippen LogP contribution in [0.25, 0.3) is 0 Å². The van der Waals surface area contributed by atoms with Crippen LogP contribution in [0.1, 0.15) is 25.7 Å². The Kier molecular flexibility index (Phi) is 6.39. The van der Waals surface area contributed by atoms with Gasteiger partial charge in [0.15, 0.2) is 5.82 Å². The molecular formula is C18H26N6O. The number of nitrogens with zero attached hydrogens (tertiary/aromatic N) is 4. The van der Waals surface area contributed by atoms with Crippen LogP contribution < -0.4 is 15.5 Å². The summed E-state index contributed by atoms with van der Waals surface area (Å²) in [5, 5.41) is 14.5. The van der Waals surface area contributed by atoms with Crippen LogP contribution in [0, 0.1) is 0 Å². The number of nitrogens with one attached hydrogen (secondary N) is 2. The number of anilines is 4. The van der Waals surface area contributed by atoms with Crippen molar-refractivity contribution >= 4 is 23.1 Å². The highest BCUT2D eigenvalue weighted by molar-refractivity contribution is 5.59. The number of hydrogen-bond donors (Lipinski definition) is 2. The third-order valence-electron chi connectivity index (χ3n) is 4.23. The third kappa shape index (κ3) is 5.29. The Hall–Kier alpha value is -2.41. The van der Waals surface area contributed by atoms with Gasteiger partial charge in [-0.25, -0.2) is 0 Å². The number of methoxy groups -OCH3 is 1. The van der Waals surface area contributed by atoms with Crippen LogP contribution in [-0.2, 0) is 4.74 Å². The molecule has 7 heteroatoms. The third-order valence-corrected chi connectivity index (χ3v) is 4.23. The second-order valence-electron chi connectivity index (χ2n) is 6.16. The first kappa shape index (κ1) is 17.4. The zero-order valence-corrected chi connectivity index (χ0v) is 14.7. The Labute approximate surface area is 148 Å². The number of piperidine rings is 1. The van der Waals surface area contributed by atoms with Crippen LogP contribution in [0.4, 0.5) is 23.1 Å². The molecule has 1 saturated heterocycles. The summed E-state index contributed by atoms with van der Waals surface area (Å²) in [5.74, 6) is 1.20. The molecule has 1 aromatic carbocycles. The Morgan fingerprint density at radius 2 is 1.92 bits per heavy atom. The number of benzene rings is 1. The lowest BCUT2D eigenvalue weighted by atomic mass is 10.1. The summed E-state index contributed by atoms with van der Waals surface area (Å²) in [6.07, 6.45) is 6.45. The summed E-state index contributed by atoms with van der Waals surface area (Å²) in [6.45, 7) is 3.81. The smallest absolute Gasteiger partial charge is 0.249 e. The summed E-state index contributed by atoms with van der Waals surface area (Å²) in [4.78, 5) is 6.87. The van der Waals surface area contributed by atoms with Crippen LogP contribution in [0.3, 0.4) is 0 Å². The van der Waals surface area contributed by atoms with Crippen molar-refractivity contribution in [1.82, 2.24) is 15.2 Å². The Morgan fingerprint density at radius 1 is 1.12 bits per heavy atom. The molecule has 0 spiro atoms. The summed E-state index contributed by atoms with van der Waals surface area (Å²) in [6, 6.07) is 8.42. The van der Waals surface area contributed by atoms with Gasteiger partial charge >= 0.3 is 0 Å². The Morgan fingerprint density at radius 3 is 2.68 bits per heavy atom. The van der Waals surface area contributed by atoms with Gasteiger partial charge in [-0.05, 0) is 49.9 Å². The molecule has 3 rings (SSSR count). The molecule has 2 aromatic rings. The van der Waals surface area contributed by atoms with Gasteiger partial charge in [0, 0.05) is 44.7 Å². The van der Waals surface area contributed by atoms with Crippen molar-refractivity contribution < 1.29 is 4.74 Å². The predicted molar refractivity (Wildman–Crippen MR) is 101 cm³/mol. The van der Waals surface area contributed by atoms with E-state index in [0.29, 0.717) is 11.8 Å². The topological polar surface area (TPSA) is 75.2 Å². The maximum atomic E-state index is 5.03. The summed E-state index contributed by atoms with van der Waals surface area (Å²) >= 11 is 0. The van der Waals surface area contributed by atoms with Gasteiger partial charge < -0.3 is 20.3 Å². The lowest BCUT2D eigenvalue weighted by Crippen LogP contribution is -2.29.